The van der Waals surface area contributed by atoms with Crippen molar-refractivity contribution < 1.29 is 23.9 Å². The lowest BCUT2D eigenvalue weighted by molar-refractivity contribution is -0.139. The second-order valence-electron chi connectivity index (χ2n) is 6.86. The SMILES string of the molecule is C=C(C)C(=O)OCCNC(=O)CCSCC(CC(C)NC=O)N1CCCC1=O. The van der Waals surface area contributed by atoms with Crippen molar-refractivity contribution in [3.05, 3.63) is 12.2 Å². The van der Waals surface area contributed by atoms with Crippen molar-refractivity contribution in [3.8, 4) is 0 Å². The Morgan fingerprint density at radius 3 is 2.79 bits per heavy atom. The number of amides is 3. The molecule has 0 bridgehead atoms. The van der Waals surface area contributed by atoms with Gasteiger partial charge in [-0.1, -0.05) is 6.58 Å². The van der Waals surface area contributed by atoms with E-state index < -0.39 is 5.97 Å². The first-order valence-electron chi connectivity index (χ1n) is 9.51. The standard InChI is InChI=1S/C19H31N3O5S/c1-14(2)19(26)27-9-7-20-17(24)6-10-28-12-16(11-15(3)21-13-23)22-8-4-5-18(22)25/h13,15-16H,1,4-12H2,2-3H3,(H,20,24)(H,21,23). The smallest absolute Gasteiger partial charge is 0.333 e. The summed E-state index contributed by atoms with van der Waals surface area (Å²) in [5.74, 6) is 0.936. The van der Waals surface area contributed by atoms with E-state index >= 15 is 0 Å². The van der Waals surface area contributed by atoms with Gasteiger partial charge in [0.25, 0.3) is 0 Å². The summed E-state index contributed by atoms with van der Waals surface area (Å²) in [5.41, 5.74) is 0.325. The second kappa shape index (κ2) is 13.2. The molecule has 0 aromatic heterocycles. The quantitative estimate of drug-likeness (QED) is 0.189. The fourth-order valence-electron chi connectivity index (χ4n) is 2.86. The van der Waals surface area contributed by atoms with E-state index in [1.807, 2.05) is 11.8 Å². The molecule has 1 aliphatic heterocycles. The first-order chi connectivity index (χ1) is 13.3. The molecular formula is C19H31N3O5S. The predicted molar refractivity (Wildman–Crippen MR) is 109 cm³/mol. The number of rotatable bonds is 14. The molecule has 1 saturated heterocycles. The molecule has 1 aliphatic rings. The average Bonchev–Trinajstić information content (AvgIpc) is 3.07. The summed E-state index contributed by atoms with van der Waals surface area (Å²) in [6.07, 6.45) is 3.17. The third-order valence-corrected chi connectivity index (χ3v) is 5.43. The highest BCUT2D eigenvalue weighted by Gasteiger charge is 2.28. The maximum absolute atomic E-state index is 12.1. The van der Waals surface area contributed by atoms with E-state index in [4.69, 9.17) is 4.74 Å². The van der Waals surface area contributed by atoms with Crippen LogP contribution in [0, 0.1) is 0 Å². The zero-order chi connectivity index (χ0) is 20.9. The zero-order valence-electron chi connectivity index (χ0n) is 16.7. The van der Waals surface area contributed by atoms with Crippen LogP contribution in [0.5, 0.6) is 0 Å². The highest BCUT2D eigenvalue weighted by Crippen LogP contribution is 2.21. The van der Waals surface area contributed by atoms with E-state index in [2.05, 4.69) is 17.2 Å². The number of nitrogens with zero attached hydrogens (tertiary/aromatic N) is 1. The molecule has 0 radical (unpaired) electrons. The molecule has 9 heteroatoms. The largest absolute Gasteiger partial charge is 0.460 e. The topological polar surface area (TPSA) is 105 Å². The van der Waals surface area contributed by atoms with Crippen LogP contribution < -0.4 is 10.6 Å². The third-order valence-electron chi connectivity index (χ3n) is 4.32. The van der Waals surface area contributed by atoms with Gasteiger partial charge in [0, 0.05) is 48.5 Å². The molecule has 2 atom stereocenters. The highest BCUT2D eigenvalue weighted by atomic mass is 32.2. The minimum Gasteiger partial charge on any atom is -0.460 e. The summed E-state index contributed by atoms with van der Waals surface area (Å²) in [6, 6.07) is 0.0359. The van der Waals surface area contributed by atoms with E-state index in [0.717, 1.165) is 18.7 Å². The molecular weight excluding hydrogens is 382 g/mol. The van der Waals surface area contributed by atoms with Gasteiger partial charge >= 0.3 is 5.97 Å². The predicted octanol–water partition coefficient (Wildman–Crippen LogP) is 0.861. The van der Waals surface area contributed by atoms with Gasteiger partial charge in [-0.2, -0.15) is 11.8 Å². The third kappa shape index (κ3) is 9.25. The molecule has 0 aromatic carbocycles. The molecule has 0 aliphatic carbocycles. The summed E-state index contributed by atoms with van der Waals surface area (Å²) in [5, 5.41) is 5.44. The number of likely N-dealkylation sites (tertiary alicyclic amines) is 1. The molecule has 1 fully saturated rings. The molecule has 1 heterocycles. The summed E-state index contributed by atoms with van der Waals surface area (Å²) in [6.45, 7) is 8.10. The number of hydrogen-bond acceptors (Lipinski definition) is 6. The fraction of sp³-hybridized carbons (Fsp3) is 0.684. The zero-order valence-corrected chi connectivity index (χ0v) is 17.5. The summed E-state index contributed by atoms with van der Waals surface area (Å²) >= 11 is 1.62. The molecule has 158 valence electrons. The Morgan fingerprint density at radius 1 is 1.43 bits per heavy atom. The van der Waals surface area contributed by atoms with Crippen LogP contribution in [0.25, 0.3) is 0 Å². The number of carbonyl (C=O) groups excluding carboxylic acids is 4. The molecule has 28 heavy (non-hydrogen) atoms. The van der Waals surface area contributed by atoms with Crippen molar-refractivity contribution in [3.63, 3.8) is 0 Å². The van der Waals surface area contributed by atoms with Crippen molar-refractivity contribution in [1.29, 1.82) is 0 Å². The lowest BCUT2D eigenvalue weighted by Crippen LogP contribution is -2.42. The Bertz CT molecular complexity index is 570. The van der Waals surface area contributed by atoms with Crippen molar-refractivity contribution in [1.82, 2.24) is 15.5 Å². The van der Waals surface area contributed by atoms with E-state index in [0.29, 0.717) is 37.0 Å². The molecule has 0 saturated carbocycles. The second-order valence-corrected chi connectivity index (χ2v) is 8.01. The number of thioether (sulfide) groups is 1. The van der Waals surface area contributed by atoms with E-state index in [1.54, 1.807) is 18.7 Å². The van der Waals surface area contributed by atoms with Crippen LogP contribution in [0.3, 0.4) is 0 Å². The van der Waals surface area contributed by atoms with E-state index in [-0.39, 0.29) is 37.0 Å². The van der Waals surface area contributed by atoms with Gasteiger partial charge in [-0.25, -0.2) is 4.79 Å². The Balaban J connectivity index is 2.28. The van der Waals surface area contributed by atoms with Gasteiger partial charge in [0.2, 0.25) is 18.2 Å². The Morgan fingerprint density at radius 2 is 2.18 bits per heavy atom. The highest BCUT2D eigenvalue weighted by molar-refractivity contribution is 7.99. The minimum absolute atomic E-state index is 0.0123. The monoisotopic (exact) mass is 413 g/mol. The van der Waals surface area contributed by atoms with Crippen LogP contribution in [0.15, 0.2) is 12.2 Å². The maximum atomic E-state index is 12.1. The molecule has 2 N–H and O–H groups in total. The molecule has 3 amide bonds. The number of carbonyl (C=O) groups is 4. The Hall–Kier alpha value is -2.03. The van der Waals surface area contributed by atoms with Gasteiger partial charge in [-0.3, -0.25) is 14.4 Å². The van der Waals surface area contributed by atoms with Crippen LogP contribution >= 0.6 is 11.8 Å². The first kappa shape index (κ1) is 24.0. The van der Waals surface area contributed by atoms with Crippen LogP contribution in [0.2, 0.25) is 0 Å². The first-order valence-corrected chi connectivity index (χ1v) is 10.7. The molecule has 1 rings (SSSR count). The van der Waals surface area contributed by atoms with E-state index in [1.165, 1.54) is 0 Å². The Labute approximate surface area is 170 Å². The van der Waals surface area contributed by atoms with Gasteiger partial charge in [0.05, 0.1) is 6.54 Å². The average molecular weight is 414 g/mol. The normalized spacial score (nSPS) is 15.6. The number of hydrogen-bond donors (Lipinski definition) is 2. The van der Waals surface area contributed by atoms with E-state index in [9.17, 15) is 19.2 Å². The van der Waals surface area contributed by atoms with Crippen LogP contribution in [-0.4, -0.2) is 72.4 Å². The molecule has 0 spiro atoms. The fourth-order valence-corrected chi connectivity index (χ4v) is 3.95. The van der Waals surface area contributed by atoms with Crippen molar-refractivity contribution in [2.45, 2.75) is 51.6 Å². The van der Waals surface area contributed by atoms with Gasteiger partial charge < -0.3 is 20.3 Å². The van der Waals surface area contributed by atoms with Crippen LogP contribution in [0.4, 0.5) is 0 Å². The summed E-state index contributed by atoms with van der Waals surface area (Å²) < 4.78 is 4.91. The lowest BCUT2D eigenvalue weighted by atomic mass is 10.1. The molecule has 8 nitrogen and oxygen atoms in total. The van der Waals surface area contributed by atoms with Crippen LogP contribution in [0.1, 0.15) is 39.5 Å². The number of esters is 1. The van der Waals surface area contributed by atoms with Gasteiger partial charge in [-0.05, 0) is 26.7 Å². The van der Waals surface area contributed by atoms with Gasteiger partial charge in [0.1, 0.15) is 6.61 Å². The Kier molecular flexibility index (Phi) is 11.3. The lowest BCUT2D eigenvalue weighted by Gasteiger charge is -2.29. The summed E-state index contributed by atoms with van der Waals surface area (Å²) in [4.78, 5) is 47.6. The maximum Gasteiger partial charge on any atom is 0.333 e. The summed E-state index contributed by atoms with van der Waals surface area (Å²) in [7, 11) is 0. The van der Waals surface area contributed by atoms with Crippen molar-refractivity contribution in [2.24, 2.45) is 0 Å². The number of nitrogens with one attached hydrogen (secondary N) is 2. The number of ether oxygens (including phenoxy) is 1. The van der Waals surface area contributed by atoms with Crippen molar-refractivity contribution >= 4 is 36.0 Å². The molecule has 2 unspecified atom stereocenters. The van der Waals surface area contributed by atoms with Gasteiger partial charge in [-0.15, -0.1) is 0 Å². The van der Waals surface area contributed by atoms with Crippen molar-refractivity contribution in [2.75, 3.05) is 31.2 Å². The molecule has 0 aromatic rings. The minimum atomic E-state index is -0.467. The van der Waals surface area contributed by atoms with Gasteiger partial charge in [0.15, 0.2) is 0 Å². The van der Waals surface area contributed by atoms with Crippen LogP contribution in [-0.2, 0) is 23.9 Å².